The molecule has 2 N–H and O–H groups in total. The Labute approximate surface area is 155 Å². The van der Waals surface area contributed by atoms with Crippen LogP contribution in [0, 0.1) is 10.1 Å². The number of non-ortho nitro benzene ring substituents is 1. The van der Waals surface area contributed by atoms with Crippen LogP contribution in [0.2, 0.25) is 5.02 Å². The molecule has 0 saturated heterocycles. The Kier molecular flexibility index (Phi) is 5.72. The third kappa shape index (κ3) is 3.43. The number of esters is 1. The summed E-state index contributed by atoms with van der Waals surface area (Å²) in [6, 6.07) is 8.79. The van der Waals surface area contributed by atoms with Gasteiger partial charge in [0.1, 0.15) is 11.2 Å². The molecular formula is C18H19ClN2O5. The SMILES string of the molecule is CCOc1ccc(N)c(C(C)(C(=O)OC)c2cc([N+](=O)[O-])ccc2Cl)c1. The topological polar surface area (TPSA) is 105 Å². The molecule has 0 saturated carbocycles. The molecule has 0 heterocycles. The zero-order chi connectivity index (χ0) is 19.5. The van der Waals surface area contributed by atoms with Crippen molar-refractivity contribution in [3.63, 3.8) is 0 Å². The van der Waals surface area contributed by atoms with E-state index in [-0.39, 0.29) is 16.3 Å². The monoisotopic (exact) mass is 378 g/mol. The van der Waals surface area contributed by atoms with Crippen LogP contribution in [0.1, 0.15) is 25.0 Å². The Hall–Kier alpha value is -2.80. The number of anilines is 1. The van der Waals surface area contributed by atoms with Gasteiger partial charge in [-0.05, 0) is 43.7 Å². The summed E-state index contributed by atoms with van der Waals surface area (Å²) in [4.78, 5) is 23.4. The van der Waals surface area contributed by atoms with Crippen molar-refractivity contribution in [2.24, 2.45) is 0 Å². The Morgan fingerprint density at radius 2 is 1.96 bits per heavy atom. The molecule has 0 radical (unpaired) electrons. The molecule has 138 valence electrons. The molecule has 0 aliphatic carbocycles. The van der Waals surface area contributed by atoms with Crippen LogP contribution in [-0.4, -0.2) is 24.6 Å². The van der Waals surface area contributed by atoms with Crippen molar-refractivity contribution < 1.29 is 19.2 Å². The maximum Gasteiger partial charge on any atom is 0.320 e. The summed E-state index contributed by atoms with van der Waals surface area (Å²) in [6.07, 6.45) is 0. The molecule has 0 aliphatic rings. The average molecular weight is 379 g/mol. The van der Waals surface area contributed by atoms with Crippen LogP contribution in [0.25, 0.3) is 0 Å². The predicted octanol–water partition coefficient (Wildman–Crippen LogP) is 3.71. The van der Waals surface area contributed by atoms with Crippen LogP contribution < -0.4 is 10.5 Å². The van der Waals surface area contributed by atoms with Crippen LogP contribution in [0.5, 0.6) is 5.75 Å². The van der Waals surface area contributed by atoms with E-state index in [0.717, 1.165) is 0 Å². The maximum atomic E-state index is 12.7. The van der Waals surface area contributed by atoms with Crippen molar-refractivity contribution in [1.29, 1.82) is 0 Å². The van der Waals surface area contributed by atoms with E-state index in [4.69, 9.17) is 26.8 Å². The molecule has 1 unspecified atom stereocenters. The van der Waals surface area contributed by atoms with E-state index in [1.807, 2.05) is 6.92 Å². The molecule has 7 nitrogen and oxygen atoms in total. The fourth-order valence-corrected chi connectivity index (χ4v) is 3.11. The second-order valence-corrected chi connectivity index (χ2v) is 6.13. The zero-order valence-corrected chi connectivity index (χ0v) is 15.4. The first-order valence-electron chi connectivity index (χ1n) is 7.81. The first-order valence-corrected chi connectivity index (χ1v) is 8.19. The largest absolute Gasteiger partial charge is 0.494 e. The fourth-order valence-electron chi connectivity index (χ4n) is 2.80. The lowest BCUT2D eigenvalue weighted by molar-refractivity contribution is -0.384. The van der Waals surface area contributed by atoms with Crippen LogP contribution in [0.15, 0.2) is 36.4 Å². The number of hydrogen-bond acceptors (Lipinski definition) is 6. The number of ether oxygens (including phenoxy) is 2. The van der Waals surface area contributed by atoms with Gasteiger partial charge in [0.2, 0.25) is 0 Å². The summed E-state index contributed by atoms with van der Waals surface area (Å²) >= 11 is 6.29. The van der Waals surface area contributed by atoms with Gasteiger partial charge < -0.3 is 15.2 Å². The molecule has 26 heavy (non-hydrogen) atoms. The molecule has 0 aliphatic heterocycles. The Balaban J connectivity index is 2.79. The smallest absolute Gasteiger partial charge is 0.320 e. The zero-order valence-electron chi connectivity index (χ0n) is 14.6. The summed E-state index contributed by atoms with van der Waals surface area (Å²) in [5.41, 5.74) is 5.37. The van der Waals surface area contributed by atoms with E-state index in [1.165, 1.54) is 25.3 Å². The van der Waals surface area contributed by atoms with E-state index in [1.54, 1.807) is 25.1 Å². The number of methoxy groups -OCH3 is 1. The van der Waals surface area contributed by atoms with Crippen molar-refractivity contribution in [2.75, 3.05) is 19.5 Å². The number of hydrogen-bond donors (Lipinski definition) is 1. The predicted molar refractivity (Wildman–Crippen MR) is 98.6 cm³/mol. The number of carbonyl (C=O) groups is 1. The number of rotatable bonds is 6. The van der Waals surface area contributed by atoms with E-state index in [2.05, 4.69) is 0 Å². The van der Waals surface area contributed by atoms with Crippen molar-refractivity contribution in [2.45, 2.75) is 19.3 Å². The van der Waals surface area contributed by atoms with E-state index in [0.29, 0.717) is 23.6 Å². The number of nitrogens with two attached hydrogens (primary N) is 1. The molecule has 8 heteroatoms. The highest BCUT2D eigenvalue weighted by molar-refractivity contribution is 6.32. The van der Waals surface area contributed by atoms with Gasteiger partial charge in [0, 0.05) is 28.4 Å². The molecule has 2 aromatic rings. The van der Waals surface area contributed by atoms with Gasteiger partial charge in [0.25, 0.3) is 5.69 Å². The standard InChI is InChI=1S/C18H19ClN2O5/c1-4-26-12-6-8-16(20)14(10-12)18(2,17(22)25-3)13-9-11(21(23)24)5-7-15(13)19/h5-10H,4,20H2,1-3H3. The van der Waals surface area contributed by atoms with Gasteiger partial charge in [-0.3, -0.25) is 14.9 Å². The number of nitrogens with zero attached hydrogens (tertiary/aromatic N) is 1. The van der Waals surface area contributed by atoms with Crippen molar-refractivity contribution in [1.82, 2.24) is 0 Å². The van der Waals surface area contributed by atoms with Crippen LogP contribution >= 0.6 is 11.6 Å². The molecule has 2 rings (SSSR count). The summed E-state index contributed by atoms with van der Waals surface area (Å²) in [7, 11) is 1.23. The Morgan fingerprint density at radius 3 is 2.54 bits per heavy atom. The highest BCUT2D eigenvalue weighted by Crippen LogP contribution is 2.42. The lowest BCUT2D eigenvalue weighted by atomic mass is 9.75. The number of nitro benzene ring substituents is 1. The molecule has 2 aromatic carbocycles. The van der Waals surface area contributed by atoms with E-state index < -0.39 is 16.3 Å². The average Bonchev–Trinajstić information content (AvgIpc) is 2.62. The molecule has 0 fully saturated rings. The molecular weight excluding hydrogens is 360 g/mol. The van der Waals surface area contributed by atoms with Gasteiger partial charge in [-0.2, -0.15) is 0 Å². The Morgan fingerprint density at radius 1 is 1.27 bits per heavy atom. The van der Waals surface area contributed by atoms with Gasteiger partial charge in [0.05, 0.1) is 18.6 Å². The maximum absolute atomic E-state index is 12.7. The minimum absolute atomic E-state index is 0.185. The minimum Gasteiger partial charge on any atom is -0.494 e. The summed E-state index contributed by atoms with van der Waals surface area (Å²) in [5, 5.41) is 11.4. The summed E-state index contributed by atoms with van der Waals surface area (Å²) in [6.45, 7) is 3.81. The summed E-state index contributed by atoms with van der Waals surface area (Å²) in [5.74, 6) is -0.145. The summed E-state index contributed by atoms with van der Waals surface area (Å²) < 4.78 is 10.5. The lowest BCUT2D eigenvalue weighted by Crippen LogP contribution is -2.36. The number of carbonyl (C=O) groups excluding carboxylic acids is 1. The molecule has 0 aromatic heterocycles. The van der Waals surface area contributed by atoms with Gasteiger partial charge in [-0.1, -0.05) is 11.6 Å². The van der Waals surface area contributed by atoms with E-state index in [9.17, 15) is 14.9 Å². The second-order valence-electron chi connectivity index (χ2n) is 5.72. The van der Waals surface area contributed by atoms with Crippen molar-refractivity contribution in [3.05, 3.63) is 62.7 Å². The lowest BCUT2D eigenvalue weighted by Gasteiger charge is -2.30. The Bertz CT molecular complexity index is 855. The fraction of sp³-hybridized carbons (Fsp3) is 0.278. The number of nitro groups is 1. The van der Waals surface area contributed by atoms with Crippen LogP contribution in [0.3, 0.4) is 0 Å². The van der Waals surface area contributed by atoms with E-state index >= 15 is 0 Å². The number of benzene rings is 2. The quantitative estimate of drug-likeness (QED) is 0.355. The van der Waals surface area contributed by atoms with Gasteiger partial charge in [-0.25, -0.2) is 0 Å². The van der Waals surface area contributed by atoms with Gasteiger partial charge >= 0.3 is 5.97 Å². The third-order valence-corrected chi connectivity index (χ3v) is 4.50. The van der Waals surface area contributed by atoms with Crippen LogP contribution in [0.4, 0.5) is 11.4 Å². The molecule has 1 atom stereocenters. The number of nitrogen functional groups attached to an aromatic ring is 1. The van der Waals surface area contributed by atoms with Gasteiger partial charge in [-0.15, -0.1) is 0 Å². The highest BCUT2D eigenvalue weighted by Gasteiger charge is 2.42. The molecule has 0 spiro atoms. The van der Waals surface area contributed by atoms with Gasteiger partial charge in [0.15, 0.2) is 0 Å². The molecule has 0 amide bonds. The minimum atomic E-state index is -1.46. The number of halogens is 1. The third-order valence-electron chi connectivity index (χ3n) is 4.17. The normalized spacial score (nSPS) is 12.9. The van der Waals surface area contributed by atoms with Crippen molar-refractivity contribution >= 4 is 28.9 Å². The second kappa shape index (κ2) is 7.61. The first kappa shape index (κ1) is 19.5. The first-order chi connectivity index (χ1) is 12.2. The van der Waals surface area contributed by atoms with Crippen LogP contribution in [-0.2, 0) is 14.9 Å². The molecule has 0 bridgehead atoms. The highest BCUT2D eigenvalue weighted by atomic mass is 35.5. The van der Waals surface area contributed by atoms with Crippen molar-refractivity contribution in [3.8, 4) is 5.75 Å².